The third kappa shape index (κ3) is 2.56. The van der Waals surface area contributed by atoms with Crippen molar-refractivity contribution in [3.63, 3.8) is 0 Å². The Morgan fingerprint density at radius 3 is 2.35 bits per heavy atom. The lowest BCUT2D eigenvalue weighted by atomic mass is 10.1. The van der Waals surface area contributed by atoms with Crippen molar-refractivity contribution in [1.82, 2.24) is 9.78 Å². The number of methoxy groups -OCH3 is 1. The molecule has 1 atom stereocenters. The molecule has 0 aliphatic rings. The summed E-state index contributed by atoms with van der Waals surface area (Å²) in [6.45, 7) is 6.86. The highest BCUT2D eigenvalue weighted by Crippen LogP contribution is 2.24. The van der Waals surface area contributed by atoms with Crippen LogP contribution in [0.15, 0.2) is 24.3 Å². The normalized spacial score (nSPS) is 12.4. The minimum Gasteiger partial charge on any atom is -0.497 e. The monoisotopic (exact) mass is 273 g/mol. The third-order valence-electron chi connectivity index (χ3n) is 3.85. The Balaban J connectivity index is 2.41. The van der Waals surface area contributed by atoms with Crippen molar-refractivity contribution in [2.75, 3.05) is 13.7 Å². The second-order valence-electron chi connectivity index (χ2n) is 4.97. The van der Waals surface area contributed by atoms with Gasteiger partial charge in [-0.05, 0) is 43.5 Å². The fourth-order valence-electron chi connectivity index (χ4n) is 2.72. The van der Waals surface area contributed by atoms with Crippen LogP contribution < -0.4 is 10.5 Å². The number of hydrogen-bond donors (Lipinski definition) is 1. The average Bonchev–Trinajstić information content (AvgIpc) is 2.75. The summed E-state index contributed by atoms with van der Waals surface area (Å²) in [5.74, 6) is 0.854. The number of nitrogens with zero attached hydrogens (tertiary/aromatic N) is 2. The lowest BCUT2D eigenvalue weighted by Gasteiger charge is -2.18. The largest absolute Gasteiger partial charge is 0.497 e. The molecule has 1 aromatic carbocycles. The highest BCUT2D eigenvalue weighted by Gasteiger charge is 2.18. The predicted octanol–water partition coefficient (Wildman–Crippen LogP) is 2.62. The minimum atomic E-state index is 0.0694. The van der Waals surface area contributed by atoms with Crippen LogP contribution in [0.5, 0.6) is 5.75 Å². The van der Waals surface area contributed by atoms with Crippen molar-refractivity contribution in [2.45, 2.75) is 33.2 Å². The van der Waals surface area contributed by atoms with Gasteiger partial charge >= 0.3 is 0 Å². The van der Waals surface area contributed by atoms with E-state index in [2.05, 4.69) is 42.7 Å². The molecule has 2 N–H and O–H groups in total. The number of hydrogen-bond acceptors (Lipinski definition) is 3. The molecule has 2 rings (SSSR count). The Bertz CT molecular complexity index is 572. The van der Waals surface area contributed by atoms with E-state index in [-0.39, 0.29) is 6.04 Å². The van der Waals surface area contributed by atoms with Gasteiger partial charge in [-0.2, -0.15) is 5.10 Å². The standard InChI is InChI=1S/C16H23N3O/c1-5-15-11(2)18-19(12(15)3)16(10-17)13-6-8-14(20-4)9-7-13/h6-9,16H,5,10,17H2,1-4H3. The molecule has 0 bridgehead atoms. The molecule has 108 valence electrons. The highest BCUT2D eigenvalue weighted by molar-refractivity contribution is 5.32. The van der Waals surface area contributed by atoms with Gasteiger partial charge in [-0.3, -0.25) is 4.68 Å². The summed E-state index contributed by atoms with van der Waals surface area (Å²) >= 11 is 0. The first-order valence-electron chi connectivity index (χ1n) is 7.00. The Labute approximate surface area is 120 Å². The molecular weight excluding hydrogens is 250 g/mol. The van der Waals surface area contributed by atoms with Gasteiger partial charge in [0.15, 0.2) is 0 Å². The molecule has 1 aromatic heterocycles. The first-order chi connectivity index (χ1) is 9.62. The maximum atomic E-state index is 5.98. The lowest BCUT2D eigenvalue weighted by molar-refractivity contribution is 0.414. The molecule has 0 fully saturated rings. The van der Waals surface area contributed by atoms with Crippen molar-refractivity contribution in [3.05, 3.63) is 46.8 Å². The number of ether oxygens (including phenoxy) is 1. The van der Waals surface area contributed by atoms with Gasteiger partial charge < -0.3 is 10.5 Å². The van der Waals surface area contributed by atoms with Gasteiger partial charge in [0.2, 0.25) is 0 Å². The number of aryl methyl sites for hydroxylation is 1. The summed E-state index contributed by atoms with van der Waals surface area (Å²) in [5.41, 5.74) is 10.8. The Morgan fingerprint density at radius 1 is 1.25 bits per heavy atom. The van der Waals surface area contributed by atoms with Crippen LogP contribution in [0.1, 0.15) is 35.5 Å². The zero-order valence-electron chi connectivity index (χ0n) is 12.7. The van der Waals surface area contributed by atoms with Gasteiger partial charge in [-0.1, -0.05) is 19.1 Å². The van der Waals surface area contributed by atoms with Crippen molar-refractivity contribution in [1.29, 1.82) is 0 Å². The summed E-state index contributed by atoms with van der Waals surface area (Å²) in [4.78, 5) is 0. The molecule has 1 unspecified atom stereocenters. The summed E-state index contributed by atoms with van der Waals surface area (Å²) in [6.07, 6.45) is 0.998. The van der Waals surface area contributed by atoms with Crippen LogP contribution in [0.4, 0.5) is 0 Å². The number of nitrogens with two attached hydrogens (primary N) is 1. The molecule has 0 aliphatic heterocycles. The van der Waals surface area contributed by atoms with E-state index < -0.39 is 0 Å². The zero-order valence-corrected chi connectivity index (χ0v) is 12.7. The van der Waals surface area contributed by atoms with Crippen LogP contribution in [0.2, 0.25) is 0 Å². The Kier molecular flexibility index (Phi) is 4.45. The molecule has 0 spiro atoms. The molecule has 20 heavy (non-hydrogen) atoms. The van der Waals surface area contributed by atoms with E-state index in [4.69, 9.17) is 10.5 Å². The zero-order chi connectivity index (χ0) is 14.7. The average molecular weight is 273 g/mol. The molecule has 4 heteroatoms. The molecule has 0 saturated heterocycles. The quantitative estimate of drug-likeness (QED) is 0.911. The van der Waals surface area contributed by atoms with Crippen LogP contribution in [-0.2, 0) is 6.42 Å². The van der Waals surface area contributed by atoms with Crippen LogP contribution >= 0.6 is 0 Å². The minimum absolute atomic E-state index is 0.0694. The van der Waals surface area contributed by atoms with Crippen LogP contribution in [-0.4, -0.2) is 23.4 Å². The maximum absolute atomic E-state index is 5.98. The summed E-state index contributed by atoms with van der Waals surface area (Å²) < 4.78 is 7.25. The van der Waals surface area contributed by atoms with Crippen LogP contribution in [0.3, 0.4) is 0 Å². The number of benzene rings is 1. The Morgan fingerprint density at radius 2 is 1.90 bits per heavy atom. The highest BCUT2D eigenvalue weighted by atomic mass is 16.5. The summed E-state index contributed by atoms with van der Waals surface area (Å²) in [5, 5.41) is 4.68. The van der Waals surface area contributed by atoms with E-state index in [1.807, 2.05) is 12.1 Å². The van der Waals surface area contributed by atoms with Gasteiger partial charge in [0.25, 0.3) is 0 Å². The second kappa shape index (κ2) is 6.09. The van der Waals surface area contributed by atoms with Crippen LogP contribution in [0.25, 0.3) is 0 Å². The van der Waals surface area contributed by atoms with E-state index in [0.717, 1.165) is 23.4 Å². The van der Waals surface area contributed by atoms with Crippen molar-refractivity contribution in [3.8, 4) is 5.75 Å². The van der Waals surface area contributed by atoms with Gasteiger partial charge in [0.1, 0.15) is 5.75 Å². The van der Waals surface area contributed by atoms with Gasteiger partial charge in [0.05, 0.1) is 18.8 Å². The Hall–Kier alpha value is -1.81. The van der Waals surface area contributed by atoms with Gasteiger partial charge in [-0.25, -0.2) is 0 Å². The molecule has 1 heterocycles. The SMILES string of the molecule is CCc1c(C)nn(C(CN)c2ccc(OC)cc2)c1C. The number of aromatic nitrogens is 2. The van der Waals surface area contributed by atoms with Crippen molar-refractivity contribution < 1.29 is 4.74 Å². The number of rotatable bonds is 5. The van der Waals surface area contributed by atoms with E-state index in [1.54, 1.807) is 7.11 Å². The van der Waals surface area contributed by atoms with E-state index in [9.17, 15) is 0 Å². The lowest BCUT2D eigenvalue weighted by Crippen LogP contribution is -2.22. The molecule has 0 saturated carbocycles. The predicted molar refractivity (Wildman–Crippen MR) is 81.3 cm³/mol. The van der Waals surface area contributed by atoms with Crippen molar-refractivity contribution in [2.24, 2.45) is 5.73 Å². The van der Waals surface area contributed by atoms with E-state index in [0.29, 0.717) is 6.54 Å². The van der Waals surface area contributed by atoms with E-state index >= 15 is 0 Å². The van der Waals surface area contributed by atoms with E-state index in [1.165, 1.54) is 11.3 Å². The smallest absolute Gasteiger partial charge is 0.118 e. The molecule has 0 aliphatic carbocycles. The van der Waals surface area contributed by atoms with Gasteiger partial charge in [-0.15, -0.1) is 0 Å². The molecule has 0 radical (unpaired) electrons. The first kappa shape index (κ1) is 14.6. The molecular formula is C16H23N3O. The fourth-order valence-corrected chi connectivity index (χ4v) is 2.72. The maximum Gasteiger partial charge on any atom is 0.118 e. The third-order valence-corrected chi connectivity index (χ3v) is 3.85. The summed E-state index contributed by atoms with van der Waals surface area (Å²) in [6, 6.07) is 8.10. The molecule has 0 amide bonds. The van der Waals surface area contributed by atoms with Gasteiger partial charge in [0, 0.05) is 12.2 Å². The topological polar surface area (TPSA) is 53.1 Å². The summed E-state index contributed by atoms with van der Waals surface area (Å²) in [7, 11) is 1.67. The fraction of sp³-hybridized carbons (Fsp3) is 0.438. The van der Waals surface area contributed by atoms with Crippen LogP contribution in [0, 0.1) is 13.8 Å². The van der Waals surface area contributed by atoms with Crippen molar-refractivity contribution >= 4 is 0 Å². The second-order valence-corrected chi connectivity index (χ2v) is 4.97. The molecule has 4 nitrogen and oxygen atoms in total. The first-order valence-corrected chi connectivity index (χ1v) is 7.00. The molecule has 2 aromatic rings.